The molecule has 3 aromatic rings. The molecule has 1 aromatic heterocycles. The van der Waals surface area contributed by atoms with Gasteiger partial charge in [-0.25, -0.2) is 13.4 Å². The molecule has 0 fully saturated rings. The molecule has 0 amide bonds. The Hall–Kier alpha value is -3.06. The van der Waals surface area contributed by atoms with E-state index in [0.29, 0.717) is 17.3 Å². The Bertz CT molecular complexity index is 1090. The standard InChI is InChI=1S/C21H23N3O3S/c1-14-6-5-7-17(10-14)23-21-9-8-18(13-22-21)24-28(25,26)20-12-16(3)15(2)11-19(20)27-4/h5-13,24H,1-4H3,(H,22,23). The topological polar surface area (TPSA) is 80.3 Å². The molecule has 1 heterocycles. The molecule has 6 nitrogen and oxygen atoms in total. The zero-order chi connectivity index (χ0) is 20.3. The summed E-state index contributed by atoms with van der Waals surface area (Å²) in [7, 11) is -2.35. The van der Waals surface area contributed by atoms with Gasteiger partial charge >= 0.3 is 0 Å². The van der Waals surface area contributed by atoms with Gasteiger partial charge < -0.3 is 10.1 Å². The van der Waals surface area contributed by atoms with Crippen molar-refractivity contribution >= 4 is 27.2 Å². The number of hydrogen-bond donors (Lipinski definition) is 2. The zero-order valence-electron chi connectivity index (χ0n) is 16.3. The number of nitrogens with zero attached hydrogens (tertiary/aromatic N) is 1. The van der Waals surface area contributed by atoms with E-state index < -0.39 is 10.0 Å². The number of anilines is 3. The Morgan fingerprint density at radius 1 is 0.929 bits per heavy atom. The predicted molar refractivity (Wildman–Crippen MR) is 112 cm³/mol. The summed E-state index contributed by atoms with van der Waals surface area (Å²) in [6.07, 6.45) is 1.48. The number of aromatic nitrogens is 1. The van der Waals surface area contributed by atoms with Crippen molar-refractivity contribution in [2.75, 3.05) is 17.1 Å². The smallest absolute Gasteiger partial charge is 0.265 e. The molecule has 0 unspecified atom stereocenters. The van der Waals surface area contributed by atoms with Gasteiger partial charge in [-0.3, -0.25) is 4.72 Å². The molecule has 0 saturated heterocycles. The number of aryl methyl sites for hydroxylation is 3. The van der Waals surface area contributed by atoms with Crippen LogP contribution in [0, 0.1) is 20.8 Å². The van der Waals surface area contributed by atoms with Crippen LogP contribution < -0.4 is 14.8 Å². The first-order valence-corrected chi connectivity index (χ1v) is 10.2. The third-order valence-corrected chi connectivity index (χ3v) is 5.78. The summed E-state index contributed by atoms with van der Waals surface area (Å²) in [5.41, 5.74) is 4.26. The fourth-order valence-corrected chi connectivity index (χ4v) is 4.02. The lowest BCUT2D eigenvalue weighted by Crippen LogP contribution is -2.15. The second kappa shape index (κ2) is 7.90. The Labute approximate surface area is 165 Å². The average molecular weight is 398 g/mol. The molecule has 3 rings (SSSR count). The van der Waals surface area contributed by atoms with Crippen LogP contribution in [0.15, 0.2) is 59.6 Å². The van der Waals surface area contributed by atoms with Crippen LogP contribution in [-0.4, -0.2) is 20.5 Å². The van der Waals surface area contributed by atoms with Crippen molar-refractivity contribution in [3.05, 3.63) is 71.4 Å². The molecule has 0 aliphatic carbocycles. The van der Waals surface area contributed by atoms with Gasteiger partial charge in [0, 0.05) is 5.69 Å². The summed E-state index contributed by atoms with van der Waals surface area (Å²) >= 11 is 0. The number of ether oxygens (including phenoxy) is 1. The second-order valence-corrected chi connectivity index (χ2v) is 8.27. The molecule has 0 atom stereocenters. The third-order valence-electron chi connectivity index (χ3n) is 4.38. The maximum absolute atomic E-state index is 12.8. The van der Waals surface area contributed by atoms with E-state index in [4.69, 9.17) is 4.74 Å². The second-order valence-electron chi connectivity index (χ2n) is 6.62. The molecule has 146 valence electrons. The van der Waals surface area contributed by atoms with Crippen LogP contribution in [0.25, 0.3) is 0 Å². The lowest BCUT2D eigenvalue weighted by atomic mass is 10.1. The van der Waals surface area contributed by atoms with E-state index in [2.05, 4.69) is 15.0 Å². The SMILES string of the molecule is COc1cc(C)c(C)cc1S(=O)(=O)Nc1ccc(Nc2cccc(C)c2)nc1. The minimum absolute atomic E-state index is 0.0973. The van der Waals surface area contributed by atoms with E-state index >= 15 is 0 Å². The van der Waals surface area contributed by atoms with E-state index in [1.807, 2.05) is 45.0 Å². The summed E-state index contributed by atoms with van der Waals surface area (Å²) < 4.78 is 33.5. The normalized spacial score (nSPS) is 11.1. The van der Waals surface area contributed by atoms with Crippen molar-refractivity contribution in [1.82, 2.24) is 4.98 Å². The van der Waals surface area contributed by atoms with Crippen LogP contribution in [0.4, 0.5) is 17.2 Å². The summed E-state index contributed by atoms with van der Waals surface area (Å²) in [4.78, 5) is 4.38. The van der Waals surface area contributed by atoms with Crippen molar-refractivity contribution in [3.63, 3.8) is 0 Å². The van der Waals surface area contributed by atoms with Crippen LogP contribution in [0.2, 0.25) is 0 Å². The molecule has 0 aliphatic heterocycles. The van der Waals surface area contributed by atoms with E-state index in [9.17, 15) is 8.42 Å². The number of pyridine rings is 1. The highest BCUT2D eigenvalue weighted by Gasteiger charge is 2.21. The molecule has 7 heteroatoms. The molecule has 2 aromatic carbocycles. The quantitative estimate of drug-likeness (QED) is 0.637. The number of rotatable bonds is 6. The predicted octanol–water partition coefficient (Wildman–Crippen LogP) is 4.56. The van der Waals surface area contributed by atoms with Gasteiger partial charge in [-0.05, 0) is 73.9 Å². The fourth-order valence-electron chi connectivity index (χ4n) is 2.74. The van der Waals surface area contributed by atoms with E-state index in [1.165, 1.54) is 13.3 Å². The van der Waals surface area contributed by atoms with Crippen molar-refractivity contribution in [2.45, 2.75) is 25.7 Å². The van der Waals surface area contributed by atoms with Crippen LogP contribution in [0.3, 0.4) is 0 Å². The van der Waals surface area contributed by atoms with Gasteiger partial charge in [-0.15, -0.1) is 0 Å². The fraction of sp³-hybridized carbons (Fsp3) is 0.190. The maximum Gasteiger partial charge on any atom is 0.265 e. The van der Waals surface area contributed by atoms with Crippen LogP contribution in [0.1, 0.15) is 16.7 Å². The molecule has 28 heavy (non-hydrogen) atoms. The lowest BCUT2D eigenvalue weighted by molar-refractivity contribution is 0.402. The van der Waals surface area contributed by atoms with Crippen molar-refractivity contribution in [2.24, 2.45) is 0 Å². The molecule has 0 aliphatic rings. The number of sulfonamides is 1. The summed E-state index contributed by atoms with van der Waals surface area (Å²) in [6, 6.07) is 14.6. The van der Waals surface area contributed by atoms with Crippen molar-refractivity contribution in [1.29, 1.82) is 0 Å². The molecule has 0 saturated carbocycles. The highest BCUT2D eigenvalue weighted by Crippen LogP contribution is 2.29. The molecule has 0 radical (unpaired) electrons. The average Bonchev–Trinajstić information content (AvgIpc) is 2.65. The molecular weight excluding hydrogens is 374 g/mol. The van der Waals surface area contributed by atoms with E-state index in [1.54, 1.807) is 24.3 Å². The highest BCUT2D eigenvalue weighted by atomic mass is 32.2. The van der Waals surface area contributed by atoms with Crippen LogP contribution >= 0.6 is 0 Å². The Morgan fingerprint density at radius 2 is 1.68 bits per heavy atom. The monoisotopic (exact) mass is 397 g/mol. The number of nitrogens with one attached hydrogen (secondary N) is 2. The lowest BCUT2D eigenvalue weighted by Gasteiger charge is -2.14. The van der Waals surface area contributed by atoms with Crippen LogP contribution in [0.5, 0.6) is 5.75 Å². The first-order valence-electron chi connectivity index (χ1n) is 8.76. The Balaban J connectivity index is 1.81. The zero-order valence-corrected chi connectivity index (χ0v) is 17.1. The van der Waals surface area contributed by atoms with E-state index in [0.717, 1.165) is 22.4 Å². The van der Waals surface area contributed by atoms with E-state index in [-0.39, 0.29) is 4.90 Å². The Morgan fingerprint density at radius 3 is 2.32 bits per heavy atom. The molecular formula is C21H23N3O3S. The van der Waals surface area contributed by atoms with Crippen molar-refractivity contribution in [3.8, 4) is 5.75 Å². The van der Waals surface area contributed by atoms with Gasteiger partial charge in [0.25, 0.3) is 10.0 Å². The summed E-state index contributed by atoms with van der Waals surface area (Å²) in [5, 5.41) is 3.19. The number of hydrogen-bond acceptors (Lipinski definition) is 5. The van der Waals surface area contributed by atoms with Gasteiger partial charge in [-0.2, -0.15) is 0 Å². The minimum Gasteiger partial charge on any atom is -0.495 e. The Kier molecular flexibility index (Phi) is 5.56. The summed E-state index contributed by atoms with van der Waals surface area (Å²) in [6.45, 7) is 5.78. The third kappa shape index (κ3) is 4.43. The molecule has 0 spiro atoms. The van der Waals surface area contributed by atoms with Gasteiger partial charge in [-0.1, -0.05) is 12.1 Å². The van der Waals surface area contributed by atoms with Gasteiger partial charge in [0.15, 0.2) is 0 Å². The first-order chi connectivity index (χ1) is 13.3. The van der Waals surface area contributed by atoms with Crippen LogP contribution in [-0.2, 0) is 10.0 Å². The van der Waals surface area contributed by atoms with Crippen molar-refractivity contribution < 1.29 is 13.2 Å². The van der Waals surface area contributed by atoms with Gasteiger partial charge in [0.2, 0.25) is 0 Å². The minimum atomic E-state index is -3.81. The summed E-state index contributed by atoms with van der Waals surface area (Å²) in [5.74, 6) is 0.929. The number of methoxy groups -OCH3 is 1. The highest BCUT2D eigenvalue weighted by molar-refractivity contribution is 7.92. The van der Waals surface area contributed by atoms with Gasteiger partial charge in [0.05, 0.1) is 19.0 Å². The number of benzene rings is 2. The largest absolute Gasteiger partial charge is 0.495 e. The maximum atomic E-state index is 12.8. The first kappa shape index (κ1) is 19.7. The molecule has 0 bridgehead atoms. The van der Waals surface area contributed by atoms with Gasteiger partial charge in [0.1, 0.15) is 16.5 Å². The molecule has 2 N–H and O–H groups in total.